The van der Waals surface area contributed by atoms with E-state index < -0.39 is 0 Å². The van der Waals surface area contributed by atoms with Gasteiger partial charge in [-0.1, -0.05) is 0 Å². The average Bonchev–Trinajstić information content (AvgIpc) is 2.79. The molecule has 18 heavy (non-hydrogen) atoms. The van der Waals surface area contributed by atoms with Gasteiger partial charge in [-0.25, -0.2) is 4.98 Å². The summed E-state index contributed by atoms with van der Waals surface area (Å²) >= 11 is 0. The molecule has 0 spiro atoms. The number of hydrogen-bond acceptors (Lipinski definition) is 3. The largest absolute Gasteiger partial charge is 0.508 e. The molecule has 96 valence electrons. The minimum atomic E-state index is 0.272. The number of hydrogen-bond donors (Lipinski definition) is 2. The Balaban J connectivity index is 1.67. The predicted octanol–water partition coefficient (Wildman–Crippen LogP) is 2.77. The highest BCUT2D eigenvalue weighted by atomic mass is 16.5. The van der Waals surface area contributed by atoms with Gasteiger partial charge in [0, 0.05) is 19.1 Å². The van der Waals surface area contributed by atoms with Crippen LogP contribution < -0.4 is 0 Å². The second-order valence-corrected chi connectivity index (χ2v) is 4.91. The van der Waals surface area contributed by atoms with Crippen LogP contribution in [0.3, 0.4) is 0 Å². The first-order chi connectivity index (χ1) is 8.81. The quantitative estimate of drug-likeness (QED) is 0.875. The number of aromatic amines is 1. The van der Waals surface area contributed by atoms with Crippen molar-refractivity contribution in [1.82, 2.24) is 9.97 Å². The Morgan fingerprint density at radius 1 is 1.39 bits per heavy atom. The van der Waals surface area contributed by atoms with E-state index in [2.05, 4.69) is 9.97 Å². The molecule has 0 saturated carbocycles. The number of nitrogens with one attached hydrogen (secondary N) is 1. The van der Waals surface area contributed by atoms with E-state index in [9.17, 15) is 5.11 Å². The molecule has 3 rings (SSSR count). The van der Waals surface area contributed by atoms with Crippen molar-refractivity contribution in [3.05, 3.63) is 24.0 Å². The standard InChI is InChI=1S/C14H18N2O2/c17-10-4-6-12-13(9-10)16-14(15-12)7-5-11-3-1-2-8-18-11/h4,6,9,11,17H,1-3,5,7-8H2,(H,15,16). The number of ether oxygens (including phenoxy) is 1. The van der Waals surface area contributed by atoms with Crippen LogP contribution in [-0.4, -0.2) is 27.8 Å². The first-order valence-corrected chi connectivity index (χ1v) is 6.60. The summed E-state index contributed by atoms with van der Waals surface area (Å²) in [7, 11) is 0. The van der Waals surface area contributed by atoms with Crippen LogP contribution in [0.15, 0.2) is 18.2 Å². The van der Waals surface area contributed by atoms with Crippen molar-refractivity contribution >= 4 is 11.0 Å². The van der Waals surface area contributed by atoms with Crippen molar-refractivity contribution < 1.29 is 9.84 Å². The molecule has 1 atom stereocenters. The van der Waals surface area contributed by atoms with E-state index in [4.69, 9.17) is 4.74 Å². The number of aromatic hydroxyl groups is 1. The lowest BCUT2D eigenvalue weighted by Gasteiger charge is -2.21. The smallest absolute Gasteiger partial charge is 0.117 e. The number of fused-ring (bicyclic) bond motifs is 1. The first kappa shape index (κ1) is 11.5. The van der Waals surface area contributed by atoms with Crippen molar-refractivity contribution in [2.45, 2.75) is 38.2 Å². The van der Waals surface area contributed by atoms with E-state index in [1.165, 1.54) is 19.3 Å². The van der Waals surface area contributed by atoms with Gasteiger partial charge in [0.05, 0.1) is 17.1 Å². The molecule has 0 amide bonds. The summed E-state index contributed by atoms with van der Waals surface area (Å²) in [5.41, 5.74) is 1.81. The molecule has 1 saturated heterocycles. The van der Waals surface area contributed by atoms with Gasteiger partial charge in [0.25, 0.3) is 0 Å². The highest BCUT2D eigenvalue weighted by Gasteiger charge is 2.14. The van der Waals surface area contributed by atoms with Gasteiger partial charge in [-0.15, -0.1) is 0 Å². The Hall–Kier alpha value is -1.55. The fourth-order valence-electron chi connectivity index (χ4n) is 2.50. The summed E-state index contributed by atoms with van der Waals surface area (Å²) in [6.45, 7) is 0.901. The third kappa shape index (κ3) is 2.48. The van der Waals surface area contributed by atoms with Crippen LogP contribution in [0, 0.1) is 0 Å². The van der Waals surface area contributed by atoms with Crippen molar-refractivity contribution in [2.24, 2.45) is 0 Å². The third-order valence-electron chi connectivity index (χ3n) is 3.49. The van der Waals surface area contributed by atoms with Crippen LogP contribution in [-0.2, 0) is 11.2 Å². The minimum absolute atomic E-state index is 0.272. The lowest BCUT2D eigenvalue weighted by atomic mass is 10.0. The summed E-state index contributed by atoms with van der Waals surface area (Å²) in [4.78, 5) is 7.77. The van der Waals surface area contributed by atoms with Gasteiger partial charge < -0.3 is 14.8 Å². The molecule has 0 radical (unpaired) electrons. The normalized spacial score (nSPS) is 20.3. The summed E-state index contributed by atoms with van der Waals surface area (Å²) in [5, 5.41) is 9.41. The van der Waals surface area contributed by atoms with Crippen molar-refractivity contribution in [1.29, 1.82) is 0 Å². The maximum Gasteiger partial charge on any atom is 0.117 e. The molecular weight excluding hydrogens is 228 g/mol. The third-order valence-corrected chi connectivity index (χ3v) is 3.49. The number of rotatable bonds is 3. The Kier molecular flexibility index (Phi) is 3.19. The maximum atomic E-state index is 9.41. The van der Waals surface area contributed by atoms with E-state index in [0.29, 0.717) is 6.10 Å². The van der Waals surface area contributed by atoms with Gasteiger partial charge in [0.15, 0.2) is 0 Å². The van der Waals surface area contributed by atoms with Crippen LogP contribution >= 0.6 is 0 Å². The van der Waals surface area contributed by atoms with E-state index in [0.717, 1.165) is 36.3 Å². The molecular formula is C14H18N2O2. The fourth-order valence-corrected chi connectivity index (χ4v) is 2.50. The van der Waals surface area contributed by atoms with Gasteiger partial charge in [0.1, 0.15) is 11.6 Å². The lowest BCUT2D eigenvalue weighted by molar-refractivity contribution is 0.0112. The van der Waals surface area contributed by atoms with Crippen molar-refractivity contribution in [3.8, 4) is 5.75 Å². The van der Waals surface area contributed by atoms with Gasteiger partial charge >= 0.3 is 0 Å². The van der Waals surface area contributed by atoms with Gasteiger partial charge in [-0.2, -0.15) is 0 Å². The molecule has 1 fully saturated rings. The van der Waals surface area contributed by atoms with Crippen molar-refractivity contribution in [2.75, 3.05) is 6.61 Å². The maximum absolute atomic E-state index is 9.41. The van der Waals surface area contributed by atoms with Crippen molar-refractivity contribution in [3.63, 3.8) is 0 Å². The zero-order valence-electron chi connectivity index (χ0n) is 10.4. The highest BCUT2D eigenvalue weighted by Crippen LogP contribution is 2.20. The zero-order valence-corrected chi connectivity index (χ0v) is 10.4. The molecule has 2 N–H and O–H groups in total. The van der Waals surface area contributed by atoms with E-state index in [-0.39, 0.29) is 5.75 Å². The summed E-state index contributed by atoms with van der Waals surface area (Å²) < 4.78 is 5.71. The Morgan fingerprint density at radius 3 is 3.17 bits per heavy atom. The van der Waals surface area contributed by atoms with Crippen LogP contribution in [0.1, 0.15) is 31.5 Å². The van der Waals surface area contributed by atoms with Crippen LogP contribution in [0.4, 0.5) is 0 Å². The SMILES string of the molecule is Oc1ccc2nc(CCC3CCCCO3)[nH]c2c1. The molecule has 0 aliphatic carbocycles. The molecule has 4 heteroatoms. The van der Waals surface area contributed by atoms with E-state index in [1.54, 1.807) is 12.1 Å². The molecule has 2 aromatic rings. The van der Waals surface area contributed by atoms with E-state index >= 15 is 0 Å². The highest BCUT2D eigenvalue weighted by molar-refractivity contribution is 5.76. The summed E-state index contributed by atoms with van der Waals surface area (Å²) in [5.74, 6) is 1.25. The predicted molar refractivity (Wildman–Crippen MR) is 69.7 cm³/mol. The number of nitrogens with zero attached hydrogens (tertiary/aromatic N) is 1. The van der Waals surface area contributed by atoms with Gasteiger partial charge in [-0.05, 0) is 37.8 Å². The topological polar surface area (TPSA) is 58.1 Å². The number of aromatic nitrogens is 2. The number of imidazole rings is 1. The molecule has 1 aliphatic rings. The monoisotopic (exact) mass is 246 g/mol. The Labute approximate surface area is 106 Å². The second-order valence-electron chi connectivity index (χ2n) is 4.91. The number of phenols is 1. The van der Waals surface area contributed by atoms with Crippen LogP contribution in [0.5, 0.6) is 5.75 Å². The van der Waals surface area contributed by atoms with Gasteiger partial charge in [-0.3, -0.25) is 0 Å². The Bertz CT molecular complexity index is 530. The molecule has 0 bridgehead atoms. The molecule has 1 aromatic heterocycles. The number of phenolic OH excluding ortho intramolecular Hbond substituents is 1. The number of aryl methyl sites for hydroxylation is 1. The molecule has 2 heterocycles. The Morgan fingerprint density at radius 2 is 2.33 bits per heavy atom. The van der Waals surface area contributed by atoms with E-state index in [1.807, 2.05) is 6.07 Å². The molecule has 1 aliphatic heterocycles. The average molecular weight is 246 g/mol. The first-order valence-electron chi connectivity index (χ1n) is 6.60. The number of benzene rings is 1. The number of H-pyrrole nitrogens is 1. The fraction of sp³-hybridized carbons (Fsp3) is 0.500. The molecule has 1 aromatic carbocycles. The van der Waals surface area contributed by atoms with Gasteiger partial charge in [0.2, 0.25) is 0 Å². The summed E-state index contributed by atoms with van der Waals surface area (Å²) in [6, 6.07) is 5.21. The minimum Gasteiger partial charge on any atom is -0.508 e. The zero-order chi connectivity index (χ0) is 12.4. The lowest BCUT2D eigenvalue weighted by Crippen LogP contribution is -2.19. The van der Waals surface area contributed by atoms with Crippen LogP contribution in [0.2, 0.25) is 0 Å². The second kappa shape index (κ2) is 4.98. The van der Waals surface area contributed by atoms with Crippen LogP contribution in [0.25, 0.3) is 11.0 Å². The molecule has 4 nitrogen and oxygen atoms in total. The summed E-state index contributed by atoms with van der Waals surface area (Å²) in [6.07, 6.45) is 5.95. The molecule has 1 unspecified atom stereocenters.